The van der Waals surface area contributed by atoms with Crippen LogP contribution in [0.1, 0.15) is 18.9 Å². The van der Waals surface area contributed by atoms with Crippen LogP contribution >= 0.6 is 11.6 Å². The first-order valence-electron chi connectivity index (χ1n) is 11.2. The van der Waals surface area contributed by atoms with Crippen molar-refractivity contribution in [3.63, 3.8) is 0 Å². The van der Waals surface area contributed by atoms with E-state index in [4.69, 9.17) is 25.8 Å². The molecule has 1 amide bonds. The molecule has 1 N–H and O–H groups in total. The number of carbonyl (C=O) groups is 1. The Morgan fingerprint density at radius 2 is 1.78 bits per heavy atom. The normalized spacial score (nSPS) is 16.9. The molecule has 0 aromatic heterocycles. The zero-order chi connectivity index (χ0) is 22.3. The maximum atomic E-state index is 12.4. The summed E-state index contributed by atoms with van der Waals surface area (Å²) in [5.74, 6) is 2.18. The number of piperazine rings is 1. The van der Waals surface area contributed by atoms with Crippen molar-refractivity contribution in [2.75, 3.05) is 57.9 Å². The molecule has 2 aromatic rings. The number of hydrogen-bond acceptors (Lipinski definition) is 6. The van der Waals surface area contributed by atoms with Crippen LogP contribution in [0.15, 0.2) is 36.4 Å². The van der Waals surface area contributed by atoms with Crippen molar-refractivity contribution in [2.24, 2.45) is 0 Å². The summed E-state index contributed by atoms with van der Waals surface area (Å²) in [5, 5.41) is 3.56. The van der Waals surface area contributed by atoms with Gasteiger partial charge in [0.25, 0.3) is 0 Å². The lowest BCUT2D eigenvalue weighted by atomic mass is 10.1. The van der Waals surface area contributed by atoms with Gasteiger partial charge in [0.1, 0.15) is 5.75 Å². The van der Waals surface area contributed by atoms with Crippen molar-refractivity contribution < 1.29 is 19.0 Å². The second kappa shape index (κ2) is 10.9. The van der Waals surface area contributed by atoms with E-state index < -0.39 is 0 Å². The molecule has 7 nitrogen and oxygen atoms in total. The van der Waals surface area contributed by atoms with Crippen LogP contribution in [-0.2, 0) is 11.3 Å². The summed E-state index contributed by atoms with van der Waals surface area (Å²) in [6, 6.07) is 11.4. The van der Waals surface area contributed by atoms with Crippen LogP contribution in [0.5, 0.6) is 17.2 Å². The average molecular weight is 460 g/mol. The van der Waals surface area contributed by atoms with Crippen molar-refractivity contribution in [3.05, 3.63) is 47.0 Å². The molecule has 0 radical (unpaired) electrons. The van der Waals surface area contributed by atoms with Gasteiger partial charge in [0, 0.05) is 44.8 Å². The highest BCUT2D eigenvalue weighted by Crippen LogP contribution is 2.38. The zero-order valence-electron chi connectivity index (χ0n) is 18.4. The Bertz CT molecular complexity index is 914. The summed E-state index contributed by atoms with van der Waals surface area (Å²) in [5.41, 5.74) is 1.89. The number of carbonyl (C=O) groups excluding carboxylic acids is 1. The molecule has 2 aromatic carbocycles. The lowest BCUT2D eigenvalue weighted by Gasteiger charge is -2.34. The Morgan fingerprint density at radius 1 is 1.06 bits per heavy atom. The number of nitrogens with one attached hydrogen (secondary N) is 1. The number of fused-ring (bicyclic) bond motifs is 1. The van der Waals surface area contributed by atoms with Crippen LogP contribution in [0.4, 0.5) is 5.69 Å². The average Bonchev–Trinajstić information content (AvgIpc) is 3.03. The second-order valence-corrected chi connectivity index (χ2v) is 8.42. The van der Waals surface area contributed by atoms with E-state index in [9.17, 15) is 4.79 Å². The number of amides is 1. The topological polar surface area (TPSA) is 63.3 Å². The van der Waals surface area contributed by atoms with Crippen LogP contribution in [-0.4, -0.2) is 68.3 Å². The largest absolute Gasteiger partial charge is 0.494 e. The van der Waals surface area contributed by atoms with Crippen molar-refractivity contribution in [1.29, 1.82) is 0 Å². The fourth-order valence-electron chi connectivity index (χ4n) is 3.94. The molecule has 1 fully saturated rings. The van der Waals surface area contributed by atoms with Crippen LogP contribution < -0.4 is 19.5 Å². The minimum atomic E-state index is -0.00251. The van der Waals surface area contributed by atoms with E-state index in [-0.39, 0.29) is 5.91 Å². The second-order valence-electron chi connectivity index (χ2n) is 8.01. The highest BCUT2D eigenvalue weighted by molar-refractivity contribution is 6.32. The predicted molar refractivity (Wildman–Crippen MR) is 125 cm³/mol. The van der Waals surface area contributed by atoms with E-state index in [2.05, 4.69) is 15.1 Å². The van der Waals surface area contributed by atoms with E-state index in [1.165, 1.54) is 0 Å². The quantitative estimate of drug-likeness (QED) is 0.681. The molecule has 2 heterocycles. The van der Waals surface area contributed by atoms with Crippen LogP contribution in [0.3, 0.4) is 0 Å². The van der Waals surface area contributed by atoms with E-state index in [0.717, 1.165) is 61.9 Å². The molecule has 4 rings (SSSR count). The van der Waals surface area contributed by atoms with E-state index >= 15 is 0 Å². The van der Waals surface area contributed by atoms with E-state index in [0.29, 0.717) is 37.1 Å². The number of halogens is 1. The Kier molecular flexibility index (Phi) is 7.73. The SMILES string of the molecule is CCOc1ccc(NC(=O)CN2CCN(Cc3cc(Cl)c4c(c3)OCCCO4)CC2)cc1. The molecular formula is C24H30ClN3O4. The summed E-state index contributed by atoms with van der Waals surface area (Å²) in [4.78, 5) is 17.0. The summed E-state index contributed by atoms with van der Waals surface area (Å²) in [6.45, 7) is 8.49. The first-order chi connectivity index (χ1) is 15.6. The summed E-state index contributed by atoms with van der Waals surface area (Å²) < 4.78 is 16.9. The Hall–Kier alpha value is -2.48. The molecule has 0 spiro atoms. The van der Waals surface area contributed by atoms with Crippen LogP contribution in [0, 0.1) is 0 Å². The van der Waals surface area contributed by atoms with E-state index in [1.54, 1.807) is 0 Å². The summed E-state index contributed by atoms with van der Waals surface area (Å²) in [6.07, 6.45) is 0.856. The summed E-state index contributed by atoms with van der Waals surface area (Å²) in [7, 11) is 0. The fourth-order valence-corrected chi connectivity index (χ4v) is 4.23. The highest BCUT2D eigenvalue weighted by atomic mass is 35.5. The van der Waals surface area contributed by atoms with Gasteiger partial charge >= 0.3 is 0 Å². The third-order valence-corrected chi connectivity index (χ3v) is 5.83. The highest BCUT2D eigenvalue weighted by Gasteiger charge is 2.21. The van der Waals surface area contributed by atoms with Crippen LogP contribution in [0.2, 0.25) is 5.02 Å². The maximum absolute atomic E-state index is 12.4. The van der Waals surface area contributed by atoms with Gasteiger partial charge in [-0.25, -0.2) is 0 Å². The molecule has 0 saturated carbocycles. The minimum Gasteiger partial charge on any atom is -0.494 e. The van der Waals surface area contributed by atoms with E-state index in [1.807, 2.05) is 43.3 Å². The number of benzene rings is 2. The van der Waals surface area contributed by atoms with Crippen molar-refractivity contribution in [1.82, 2.24) is 9.80 Å². The van der Waals surface area contributed by atoms with Gasteiger partial charge < -0.3 is 19.5 Å². The minimum absolute atomic E-state index is 0.00251. The number of hydrogen-bond donors (Lipinski definition) is 1. The van der Waals surface area contributed by atoms with Gasteiger partial charge in [0.2, 0.25) is 5.91 Å². The van der Waals surface area contributed by atoms with Crippen molar-refractivity contribution in [3.8, 4) is 17.2 Å². The first kappa shape index (κ1) is 22.7. The first-order valence-corrected chi connectivity index (χ1v) is 11.5. The molecule has 0 unspecified atom stereocenters. The molecule has 172 valence electrons. The molecular weight excluding hydrogens is 430 g/mol. The fraction of sp³-hybridized carbons (Fsp3) is 0.458. The predicted octanol–water partition coefficient (Wildman–Crippen LogP) is 3.66. The molecule has 8 heteroatoms. The number of rotatable bonds is 7. The third kappa shape index (κ3) is 6.06. The zero-order valence-corrected chi connectivity index (χ0v) is 19.2. The van der Waals surface area contributed by atoms with Gasteiger partial charge in [-0.3, -0.25) is 14.6 Å². The molecule has 1 saturated heterocycles. The molecule has 0 aliphatic carbocycles. The maximum Gasteiger partial charge on any atom is 0.238 e. The Labute approximate surface area is 194 Å². The Balaban J connectivity index is 1.24. The van der Waals surface area contributed by atoms with Gasteiger partial charge in [-0.1, -0.05) is 11.6 Å². The molecule has 2 aliphatic heterocycles. The lowest BCUT2D eigenvalue weighted by molar-refractivity contribution is -0.117. The van der Waals surface area contributed by atoms with Crippen molar-refractivity contribution >= 4 is 23.2 Å². The number of ether oxygens (including phenoxy) is 3. The molecule has 32 heavy (non-hydrogen) atoms. The van der Waals surface area contributed by atoms with Gasteiger partial charge in [0.05, 0.1) is 31.4 Å². The molecule has 0 bridgehead atoms. The standard InChI is InChI=1S/C24H30ClN3O4/c1-2-30-20-6-4-19(5-7-20)26-23(29)17-28-10-8-27(9-11-28)16-18-14-21(25)24-22(15-18)31-12-3-13-32-24/h4-7,14-15H,2-3,8-13,16-17H2,1H3,(H,26,29). The third-order valence-electron chi connectivity index (χ3n) is 5.55. The van der Waals surface area contributed by atoms with Gasteiger partial charge in [-0.15, -0.1) is 0 Å². The van der Waals surface area contributed by atoms with Gasteiger partial charge in [0.15, 0.2) is 11.5 Å². The van der Waals surface area contributed by atoms with Crippen LogP contribution in [0.25, 0.3) is 0 Å². The van der Waals surface area contributed by atoms with Gasteiger partial charge in [-0.2, -0.15) is 0 Å². The van der Waals surface area contributed by atoms with Gasteiger partial charge in [-0.05, 0) is 48.9 Å². The number of anilines is 1. The molecule has 0 atom stereocenters. The Morgan fingerprint density at radius 3 is 2.53 bits per heavy atom. The molecule has 2 aliphatic rings. The number of nitrogens with zero attached hydrogens (tertiary/aromatic N) is 2. The smallest absolute Gasteiger partial charge is 0.238 e. The van der Waals surface area contributed by atoms with Crippen molar-refractivity contribution in [2.45, 2.75) is 19.9 Å². The monoisotopic (exact) mass is 459 g/mol. The summed E-state index contributed by atoms with van der Waals surface area (Å²) >= 11 is 6.43. The lowest BCUT2D eigenvalue weighted by Crippen LogP contribution is -2.48.